The van der Waals surface area contributed by atoms with Gasteiger partial charge in [0.15, 0.2) is 11.5 Å². The summed E-state index contributed by atoms with van der Waals surface area (Å²) in [5.74, 6) is 2.55. The molecule has 0 radical (unpaired) electrons. The molecule has 1 N–H and O–H groups in total. The molecule has 0 bridgehead atoms. The number of nitrogens with one attached hydrogen (secondary N) is 1. The van der Waals surface area contributed by atoms with E-state index in [0.29, 0.717) is 41.2 Å². The third-order valence-electron chi connectivity index (χ3n) is 3.38. The van der Waals surface area contributed by atoms with Gasteiger partial charge >= 0.3 is 0 Å². The topological polar surface area (TPSA) is 47.6 Å². The van der Waals surface area contributed by atoms with E-state index >= 15 is 0 Å². The van der Waals surface area contributed by atoms with Gasteiger partial charge in [0.25, 0.3) is 0 Å². The molecule has 1 aliphatic rings. The Labute approximate surface area is 140 Å². The summed E-state index contributed by atoms with van der Waals surface area (Å²) in [7, 11) is 0. The highest BCUT2D eigenvalue weighted by Crippen LogP contribution is 2.38. The van der Waals surface area contributed by atoms with Gasteiger partial charge in [-0.3, -0.25) is 4.79 Å². The van der Waals surface area contributed by atoms with Crippen LogP contribution in [-0.4, -0.2) is 30.9 Å². The maximum absolute atomic E-state index is 11.7. The van der Waals surface area contributed by atoms with Crippen molar-refractivity contribution >= 4 is 29.3 Å². The molecule has 4 nitrogen and oxygen atoms in total. The molecule has 1 heterocycles. The van der Waals surface area contributed by atoms with Gasteiger partial charge in [0, 0.05) is 18.2 Å². The van der Waals surface area contributed by atoms with E-state index in [1.807, 2.05) is 19.1 Å². The number of rotatable bonds is 6. The van der Waals surface area contributed by atoms with Crippen LogP contribution >= 0.6 is 23.4 Å². The van der Waals surface area contributed by atoms with Crippen molar-refractivity contribution in [2.24, 2.45) is 0 Å². The van der Waals surface area contributed by atoms with E-state index < -0.39 is 0 Å². The van der Waals surface area contributed by atoms with Gasteiger partial charge in [-0.15, -0.1) is 11.8 Å². The zero-order chi connectivity index (χ0) is 15.9. The first-order chi connectivity index (χ1) is 10.6. The Morgan fingerprint density at radius 1 is 1.41 bits per heavy atom. The molecule has 1 amide bonds. The second-order valence-corrected chi connectivity index (χ2v) is 6.72. The highest BCUT2D eigenvalue weighted by Gasteiger charge is 2.15. The Morgan fingerprint density at radius 2 is 2.18 bits per heavy atom. The van der Waals surface area contributed by atoms with Gasteiger partial charge in [0.1, 0.15) is 0 Å². The normalized spacial score (nSPS) is 15.0. The lowest BCUT2D eigenvalue weighted by Gasteiger charge is -2.12. The standard InChI is InChI=1S/C16H22ClNO3S/c1-3-11(2)18-15(19)10-22-9-12-7-13(17)16-14(8-12)20-5-4-6-21-16/h7-8,11H,3-6,9-10H2,1-2H3,(H,18,19)/t11-/m0/s1. The number of ether oxygens (including phenoxy) is 2. The number of hydrogen-bond acceptors (Lipinski definition) is 4. The number of fused-ring (bicyclic) bond motifs is 1. The molecule has 6 heteroatoms. The first-order valence-corrected chi connectivity index (χ1v) is 9.08. The van der Waals surface area contributed by atoms with Gasteiger partial charge in [0.2, 0.25) is 5.91 Å². The SMILES string of the molecule is CC[C@H](C)NC(=O)CSCc1cc(Cl)c2c(c1)OCCCO2. The molecule has 2 rings (SSSR count). The molecule has 0 saturated heterocycles. The predicted octanol–water partition coefficient (Wildman–Crippen LogP) is 3.65. The van der Waals surface area contributed by atoms with E-state index in [1.165, 1.54) is 0 Å². The van der Waals surface area contributed by atoms with E-state index in [-0.39, 0.29) is 11.9 Å². The average Bonchev–Trinajstić information content (AvgIpc) is 2.72. The van der Waals surface area contributed by atoms with Crippen molar-refractivity contribution in [3.63, 3.8) is 0 Å². The molecule has 0 aromatic heterocycles. The molecule has 0 aliphatic carbocycles. The molecule has 1 aliphatic heterocycles. The van der Waals surface area contributed by atoms with Crippen LogP contribution in [0.4, 0.5) is 0 Å². The van der Waals surface area contributed by atoms with Gasteiger partial charge < -0.3 is 14.8 Å². The van der Waals surface area contributed by atoms with Crippen molar-refractivity contribution in [3.8, 4) is 11.5 Å². The fraction of sp³-hybridized carbons (Fsp3) is 0.562. The minimum atomic E-state index is 0.0693. The smallest absolute Gasteiger partial charge is 0.230 e. The summed E-state index contributed by atoms with van der Waals surface area (Å²) in [5, 5.41) is 3.52. The van der Waals surface area contributed by atoms with E-state index in [2.05, 4.69) is 12.2 Å². The zero-order valence-corrected chi connectivity index (χ0v) is 14.6. The van der Waals surface area contributed by atoms with Crippen LogP contribution in [0, 0.1) is 0 Å². The summed E-state index contributed by atoms with van der Waals surface area (Å²) in [6, 6.07) is 4.06. The molecule has 0 fully saturated rings. The van der Waals surface area contributed by atoms with Gasteiger partial charge in [0.05, 0.1) is 24.0 Å². The maximum atomic E-state index is 11.7. The Kier molecular flexibility index (Phi) is 6.70. The summed E-state index contributed by atoms with van der Waals surface area (Å²) < 4.78 is 11.3. The number of carbonyl (C=O) groups is 1. The summed E-state index contributed by atoms with van der Waals surface area (Å²) in [5.41, 5.74) is 1.04. The monoisotopic (exact) mass is 343 g/mol. The number of carbonyl (C=O) groups excluding carboxylic acids is 1. The minimum absolute atomic E-state index is 0.0693. The number of benzene rings is 1. The lowest BCUT2D eigenvalue weighted by atomic mass is 10.2. The fourth-order valence-electron chi connectivity index (χ4n) is 2.05. The third kappa shape index (κ3) is 4.99. The molecular weight excluding hydrogens is 322 g/mol. The van der Waals surface area contributed by atoms with Crippen LogP contribution in [0.15, 0.2) is 12.1 Å². The average molecular weight is 344 g/mol. The van der Waals surface area contributed by atoms with Crippen molar-refractivity contribution in [1.29, 1.82) is 0 Å². The van der Waals surface area contributed by atoms with Gasteiger partial charge in [-0.05, 0) is 31.0 Å². The van der Waals surface area contributed by atoms with Gasteiger partial charge in [-0.1, -0.05) is 18.5 Å². The highest BCUT2D eigenvalue weighted by molar-refractivity contribution is 7.99. The zero-order valence-electron chi connectivity index (χ0n) is 13.0. The first kappa shape index (κ1) is 17.3. The Bertz CT molecular complexity index is 524. The third-order valence-corrected chi connectivity index (χ3v) is 4.67. The van der Waals surface area contributed by atoms with Crippen molar-refractivity contribution < 1.29 is 14.3 Å². The Morgan fingerprint density at radius 3 is 2.95 bits per heavy atom. The van der Waals surface area contributed by atoms with E-state index in [0.717, 1.165) is 18.4 Å². The van der Waals surface area contributed by atoms with Crippen LogP contribution in [0.1, 0.15) is 32.3 Å². The van der Waals surface area contributed by atoms with Crippen LogP contribution in [0.3, 0.4) is 0 Å². The van der Waals surface area contributed by atoms with Crippen molar-refractivity contribution in [3.05, 3.63) is 22.7 Å². The van der Waals surface area contributed by atoms with E-state index in [1.54, 1.807) is 11.8 Å². The van der Waals surface area contributed by atoms with Crippen molar-refractivity contribution in [2.45, 2.75) is 38.5 Å². The summed E-state index contributed by atoms with van der Waals surface area (Å²) in [6.07, 6.45) is 1.79. The van der Waals surface area contributed by atoms with Crippen LogP contribution in [-0.2, 0) is 10.5 Å². The fourth-order valence-corrected chi connectivity index (χ4v) is 3.11. The van der Waals surface area contributed by atoms with Crippen LogP contribution in [0.5, 0.6) is 11.5 Å². The minimum Gasteiger partial charge on any atom is -0.489 e. The number of hydrogen-bond donors (Lipinski definition) is 1. The van der Waals surface area contributed by atoms with Gasteiger partial charge in [-0.2, -0.15) is 0 Å². The molecule has 1 atom stereocenters. The Balaban J connectivity index is 1.89. The van der Waals surface area contributed by atoms with E-state index in [9.17, 15) is 4.79 Å². The lowest BCUT2D eigenvalue weighted by Crippen LogP contribution is -2.33. The van der Waals surface area contributed by atoms with Gasteiger partial charge in [-0.25, -0.2) is 0 Å². The predicted molar refractivity (Wildman–Crippen MR) is 91.1 cm³/mol. The molecule has 0 spiro atoms. The quantitative estimate of drug-likeness (QED) is 0.856. The summed E-state index contributed by atoms with van der Waals surface area (Å²) in [4.78, 5) is 11.7. The second kappa shape index (κ2) is 8.53. The molecule has 0 saturated carbocycles. The van der Waals surface area contributed by atoms with Crippen LogP contribution < -0.4 is 14.8 Å². The number of halogens is 1. The van der Waals surface area contributed by atoms with Crippen LogP contribution in [0.2, 0.25) is 5.02 Å². The molecule has 1 aromatic carbocycles. The molecular formula is C16H22ClNO3S. The maximum Gasteiger partial charge on any atom is 0.230 e. The van der Waals surface area contributed by atoms with Crippen molar-refractivity contribution in [1.82, 2.24) is 5.32 Å². The largest absolute Gasteiger partial charge is 0.489 e. The summed E-state index contributed by atoms with van der Waals surface area (Å²) >= 11 is 7.82. The number of thioether (sulfide) groups is 1. The molecule has 22 heavy (non-hydrogen) atoms. The first-order valence-electron chi connectivity index (χ1n) is 7.55. The van der Waals surface area contributed by atoms with Crippen molar-refractivity contribution in [2.75, 3.05) is 19.0 Å². The van der Waals surface area contributed by atoms with Crippen LogP contribution in [0.25, 0.3) is 0 Å². The summed E-state index contributed by atoms with van der Waals surface area (Å²) in [6.45, 7) is 5.32. The molecule has 122 valence electrons. The van der Waals surface area contributed by atoms with E-state index in [4.69, 9.17) is 21.1 Å². The lowest BCUT2D eigenvalue weighted by molar-refractivity contribution is -0.119. The number of amides is 1. The second-order valence-electron chi connectivity index (χ2n) is 5.32. The Hall–Kier alpha value is -1.07. The highest BCUT2D eigenvalue weighted by atomic mass is 35.5. The molecule has 1 aromatic rings. The molecule has 0 unspecified atom stereocenters.